The minimum absolute atomic E-state index is 0.116. The zero-order chi connectivity index (χ0) is 31.5. The van der Waals surface area contributed by atoms with Crippen LogP contribution in [-0.2, 0) is 23.9 Å². The molecule has 10 heteroatoms. The summed E-state index contributed by atoms with van der Waals surface area (Å²) in [4.78, 5) is 48.0. The van der Waals surface area contributed by atoms with E-state index >= 15 is 0 Å². The molecule has 0 radical (unpaired) electrons. The van der Waals surface area contributed by atoms with Crippen LogP contribution >= 0.6 is 0 Å². The molecule has 2 saturated carbocycles. The van der Waals surface area contributed by atoms with E-state index in [1.165, 1.54) is 0 Å². The number of ether oxygens (including phenoxy) is 3. The van der Waals surface area contributed by atoms with Gasteiger partial charge in [-0.3, -0.25) is 14.6 Å². The first-order chi connectivity index (χ1) is 20.5. The third-order valence-electron chi connectivity index (χ3n) is 8.26. The number of carbonyl (C=O) groups is 3. The number of aryl methyl sites for hydroxylation is 1. The Kier molecular flexibility index (Phi) is 9.37. The molecule has 10 nitrogen and oxygen atoms in total. The van der Waals surface area contributed by atoms with Crippen LogP contribution in [0.15, 0.2) is 55.3 Å². The van der Waals surface area contributed by atoms with Crippen LogP contribution in [0.3, 0.4) is 0 Å². The minimum atomic E-state index is -1.21. The van der Waals surface area contributed by atoms with Crippen molar-refractivity contribution < 1.29 is 33.7 Å². The molecule has 0 spiro atoms. The SMILES string of the molecule is C=C/C(OC)=C(/C)c1nc(-c2cccc(C)n2)cc(O[C@H]2C[C@@H](C(=O)O)[C@H](C(=O)N[C@]3(C(=O)OCC)C[C@H]3C=C)C2)c1C. The van der Waals surface area contributed by atoms with Crippen molar-refractivity contribution in [1.29, 1.82) is 0 Å². The fraction of sp³-hybridized carbons (Fsp3) is 0.424. The minimum Gasteiger partial charge on any atom is -0.496 e. The number of carbonyl (C=O) groups excluding carboxylic acids is 2. The third kappa shape index (κ3) is 6.33. The quantitative estimate of drug-likeness (QED) is 0.155. The zero-order valence-electron chi connectivity index (χ0n) is 25.3. The molecular weight excluding hydrogens is 550 g/mol. The van der Waals surface area contributed by atoms with E-state index in [9.17, 15) is 19.5 Å². The highest BCUT2D eigenvalue weighted by Gasteiger charge is 2.62. The highest BCUT2D eigenvalue weighted by Crippen LogP contribution is 2.46. The Morgan fingerprint density at radius 3 is 2.44 bits per heavy atom. The highest BCUT2D eigenvalue weighted by atomic mass is 16.5. The van der Waals surface area contributed by atoms with Gasteiger partial charge in [-0.25, -0.2) is 9.78 Å². The molecule has 2 fully saturated rings. The number of carboxylic acids is 1. The first-order valence-corrected chi connectivity index (χ1v) is 14.3. The molecule has 0 aliphatic heterocycles. The van der Waals surface area contributed by atoms with Gasteiger partial charge in [0.25, 0.3) is 0 Å². The van der Waals surface area contributed by atoms with E-state index in [2.05, 4.69) is 23.5 Å². The Hall–Kier alpha value is -4.47. The van der Waals surface area contributed by atoms with Gasteiger partial charge in [-0.1, -0.05) is 18.7 Å². The lowest BCUT2D eigenvalue weighted by Crippen LogP contribution is -2.49. The number of amides is 1. The number of methoxy groups -OCH3 is 1. The number of esters is 1. The molecular formula is C33H39N3O7. The Balaban J connectivity index is 1.66. The molecule has 0 bridgehead atoms. The molecule has 2 N–H and O–H groups in total. The first kappa shape index (κ1) is 31.5. The Labute approximate surface area is 251 Å². The van der Waals surface area contributed by atoms with Gasteiger partial charge in [-0.2, -0.15) is 0 Å². The van der Waals surface area contributed by atoms with E-state index in [1.807, 2.05) is 39.0 Å². The van der Waals surface area contributed by atoms with E-state index < -0.39 is 41.3 Å². The summed E-state index contributed by atoms with van der Waals surface area (Å²) in [7, 11) is 1.56. The van der Waals surface area contributed by atoms with Crippen LogP contribution in [0.5, 0.6) is 5.75 Å². The first-order valence-electron chi connectivity index (χ1n) is 14.3. The van der Waals surface area contributed by atoms with Crippen molar-refractivity contribution in [3.05, 3.63) is 72.3 Å². The molecule has 2 aromatic rings. The lowest BCUT2D eigenvalue weighted by Gasteiger charge is -2.22. The Morgan fingerprint density at radius 1 is 1.14 bits per heavy atom. The second-order valence-corrected chi connectivity index (χ2v) is 11.0. The summed E-state index contributed by atoms with van der Waals surface area (Å²) in [5.74, 6) is -3.28. The molecule has 1 amide bonds. The largest absolute Gasteiger partial charge is 0.496 e. The molecule has 0 unspecified atom stereocenters. The van der Waals surface area contributed by atoms with Crippen molar-refractivity contribution in [2.24, 2.45) is 17.8 Å². The van der Waals surface area contributed by atoms with Crippen LogP contribution in [0.2, 0.25) is 0 Å². The standard InChI is InChI=1S/C33H39N3O7/c1-8-21-17-33(21,32(40)42-10-3)36-30(37)23-14-22(15-24(23)31(38)39)43-28-16-26(25-13-11-12-18(4)34-25)35-29(20(28)6)19(5)27(9-2)41-7/h8-9,11-13,16,21-24H,1-2,10,14-15,17H2,3-7H3,(H,36,37)(H,38,39)/b27-19+/t21-,22-,23-,24-,33-/m1/s1. The monoisotopic (exact) mass is 589 g/mol. The number of nitrogens with one attached hydrogen (secondary N) is 1. The van der Waals surface area contributed by atoms with Crippen molar-refractivity contribution in [3.8, 4) is 17.1 Å². The number of aliphatic carboxylic acids is 1. The predicted molar refractivity (Wildman–Crippen MR) is 161 cm³/mol. The van der Waals surface area contributed by atoms with Crippen LogP contribution < -0.4 is 10.1 Å². The molecule has 228 valence electrons. The van der Waals surface area contributed by atoms with Gasteiger partial charge in [0.1, 0.15) is 23.2 Å². The van der Waals surface area contributed by atoms with Gasteiger partial charge in [0.05, 0.1) is 42.6 Å². The average Bonchev–Trinajstić information content (AvgIpc) is 3.53. The summed E-state index contributed by atoms with van der Waals surface area (Å²) in [6, 6.07) is 7.42. The third-order valence-corrected chi connectivity index (χ3v) is 8.26. The van der Waals surface area contributed by atoms with E-state index in [-0.39, 0.29) is 25.4 Å². The van der Waals surface area contributed by atoms with Crippen LogP contribution in [0.1, 0.15) is 50.1 Å². The lowest BCUT2D eigenvalue weighted by atomic mass is 9.94. The molecule has 2 aromatic heterocycles. The number of allylic oxidation sites excluding steroid dienone is 2. The van der Waals surface area contributed by atoms with Crippen LogP contribution in [-0.4, -0.2) is 58.3 Å². The number of carboxylic acid groups (broad SMARTS) is 1. The summed E-state index contributed by atoms with van der Waals surface area (Å²) in [6.07, 6.45) is 3.26. The summed E-state index contributed by atoms with van der Waals surface area (Å²) in [6.45, 7) is 15.1. The van der Waals surface area contributed by atoms with Crippen molar-refractivity contribution in [1.82, 2.24) is 15.3 Å². The van der Waals surface area contributed by atoms with Gasteiger partial charge >= 0.3 is 11.9 Å². The average molecular weight is 590 g/mol. The number of hydrogen-bond acceptors (Lipinski definition) is 8. The number of hydrogen-bond donors (Lipinski definition) is 2. The van der Waals surface area contributed by atoms with Gasteiger partial charge in [-0.05, 0) is 65.2 Å². The fourth-order valence-electron chi connectivity index (χ4n) is 5.80. The molecule has 2 aliphatic carbocycles. The topological polar surface area (TPSA) is 137 Å². The van der Waals surface area contributed by atoms with Crippen molar-refractivity contribution in [2.75, 3.05) is 13.7 Å². The van der Waals surface area contributed by atoms with E-state index in [0.29, 0.717) is 35.0 Å². The van der Waals surface area contributed by atoms with Gasteiger partial charge in [0.2, 0.25) is 5.91 Å². The van der Waals surface area contributed by atoms with Crippen molar-refractivity contribution in [3.63, 3.8) is 0 Å². The summed E-state index contributed by atoms with van der Waals surface area (Å²) in [5, 5.41) is 12.8. The second kappa shape index (κ2) is 12.8. The maximum absolute atomic E-state index is 13.5. The van der Waals surface area contributed by atoms with Gasteiger partial charge < -0.3 is 24.6 Å². The van der Waals surface area contributed by atoms with Crippen molar-refractivity contribution >= 4 is 23.4 Å². The maximum Gasteiger partial charge on any atom is 0.332 e. The second-order valence-electron chi connectivity index (χ2n) is 11.0. The van der Waals surface area contributed by atoms with Gasteiger partial charge in [0.15, 0.2) is 0 Å². The molecule has 5 atom stereocenters. The number of aromatic nitrogens is 2. The van der Waals surface area contributed by atoms with Crippen LogP contribution in [0.4, 0.5) is 0 Å². The summed E-state index contributed by atoms with van der Waals surface area (Å²) in [5.41, 5.74) is 2.91. The molecule has 2 aliphatic rings. The van der Waals surface area contributed by atoms with E-state index in [1.54, 1.807) is 32.3 Å². The zero-order valence-corrected chi connectivity index (χ0v) is 25.3. The van der Waals surface area contributed by atoms with Gasteiger partial charge in [0, 0.05) is 28.8 Å². The molecule has 43 heavy (non-hydrogen) atoms. The predicted octanol–water partition coefficient (Wildman–Crippen LogP) is 4.81. The number of rotatable bonds is 12. The van der Waals surface area contributed by atoms with Crippen LogP contribution in [0.25, 0.3) is 17.0 Å². The summed E-state index contributed by atoms with van der Waals surface area (Å²) < 4.78 is 17.2. The Bertz CT molecular complexity index is 1480. The van der Waals surface area contributed by atoms with Crippen molar-refractivity contribution in [2.45, 2.75) is 58.6 Å². The normalized spacial score (nSPS) is 24.8. The molecule has 4 rings (SSSR count). The molecule has 2 heterocycles. The molecule has 0 saturated heterocycles. The smallest absolute Gasteiger partial charge is 0.332 e. The number of nitrogens with zero attached hydrogens (tertiary/aromatic N) is 2. The fourth-order valence-corrected chi connectivity index (χ4v) is 5.80. The molecule has 0 aromatic carbocycles. The highest BCUT2D eigenvalue weighted by molar-refractivity contribution is 5.94. The Morgan fingerprint density at radius 2 is 1.86 bits per heavy atom. The maximum atomic E-state index is 13.5. The van der Waals surface area contributed by atoms with E-state index in [0.717, 1.165) is 16.8 Å². The summed E-state index contributed by atoms with van der Waals surface area (Å²) >= 11 is 0. The van der Waals surface area contributed by atoms with Crippen LogP contribution in [0, 0.1) is 31.6 Å². The number of pyridine rings is 2. The lowest BCUT2D eigenvalue weighted by molar-refractivity contribution is -0.150. The van der Waals surface area contributed by atoms with Gasteiger partial charge in [-0.15, -0.1) is 6.58 Å². The van der Waals surface area contributed by atoms with E-state index in [4.69, 9.17) is 19.2 Å².